The lowest BCUT2D eigenvalue weighted by Crippen LogP contribution is -2.29. The molecule has 0 bridgehead atoms. The number of nitrogens with one attached hydrogen (secondary N) is 1. The highest BCUT2D eigenvalue weighted by atomic mass is 16.6. The molecule has 3 rings (SSSR count). The molecule has 0 fully saturated rings. The zero-order chi connectivity index (χ0) is 16.1. The number of aryl methyl sites for hydroxylation is 1. The number of hydrogen-bond acceptors (Lipinski definition) is 3. The molecule has 23 heavy (non-hydrogen) atoms. The first-order valence-corrected chi connectivity index (χ1v) is 7.91. The number of amides is 1. The van der Waals surface area contributed by atoms with E-state index in [9.17, 15) is 4.79 Å². The Morgan fingerprint density at radius 3 is 2.52 bits per heavy atom. The van der Waals surface area contributed by atoms with Crippen molar-refractivity contribution in [3.05, 3.63) is 59.7 Å². The van der Waals surface area contributed by atoms with Crippen molar-refractivity contribution in [1.29, 1.82) is 0 Å². The van der Waals surface area contributed by atoms with Gasteiger partial charge in [0.25, 0.3) is 0 Å². The molecular weight excluding hydrogens is 290 g/mol. The molecular formula is C19H21NO3. The van der Waals surface area contributed by atoms with Crippen molar-refractivity contribution in [2.75, 3.05) is 13.7 Å². The van der Waals surface area contributed by atoms with Gasteiger partial charge in [0, 0.05) is 7.05 Å². The SMILES string of the molecule is CNC(=O)Cc1ccc(CCC2COc3ccccc3O2)cc1. The highest BCUT2D eigenvalue weighted by Gasteiger charge is 2.20. The van der Waals surface area contributed by atoms with Gasteiger partial charge in [-0.05, 0) is 36.1 Å². The Kier molecular flexibility index (Phi) is 4.81. The van der Waals surface area contributed by atoms with Gasteiger partial charge < -0.3 is 14.8 Å². The summed E-state index contributed by atoms with van der Waals surface area (Å²) in [4.78, 5) is 11.4. The lowest BCUT2D eigenvalue weighted by Gasteiger charge is -2.26. The van der Waals surface area contributed by atoms with E-state index in [-0.39, 0.29) is 12.0 Å². The highest BCUT2D eigenvalue weighted by molar-refractivity contribution is 5.78. The molecule has 1 aliphatic rings. The van der Waals surface area contributed by atoms with Crippen LogP contribution < -0.4 is 14.8 Å². The minimum atomic E-state index is 0.0316. The summed E-state index contributed by atoms with van der Waals surface area (Å²) < 4.78 is 11.7. The zero-order valence-corrected chi connectivity index (χ0v) is 13.2. The molecule has 0 saturated heterocycles. The third-order valence-corrected chi connectivity index (χ3v) is 3.99. The van der Waals surface area contributed by atoms with Gasteiger partial charge in [0.05, 0.1) is 6.42 Å². The van der Waals surface area contributed by atoms with Gasteiger partial charge in [-0.2, -0.15) is 0 Å². The number of likely N-dealkylation sites (N-methyl/N-ethyl adjacent to an activating group) is 1. The Hall–Kier alpha value is -2.49. The van der Waals surface area contributed by atoms with Gasteiger partial charge in [-0.3, -0.25) is 4.79 Å². The van der Waals surface area contributed by atoms with Crippen LogP contribution in [0.15, 0.2) is 48.5 Å². The summed E-state index contributed by atoms with van der Waals surface area (Å²) in [6.45, 7) is 0.589. The molecule has 2 aromatic carbocycles. The first-order valence-electron chi connectivity index (χ1n) is 7.91. The number of para-hydroxylation sites is 2. The van der Waals surface area contributed by atoms with E-state index >= 15 is 0 Å². The number of ether oxygens (including phenoxy) is 2. The van der Waals surface area contributed by atoms with Gasteiger partial charge in [0.15, 0.2) is 11.5 Å². The topological polar surface area (TPSA) is 47.6 Å². The lowest BCUT2D eigenvalue weighted by molar-refractivity contribution is -0.119. The highest BCUT2D eigenvalue weighted by Crippen LogP contribution is 2.31. The van der Waals surface area contributed by atoms with Crippen LogP contribution >= 0.6 is 0 Å². The van der Waals surface area contributed by atoms with E-state index in [1.807, 2.05) is 36.4 Å². The number of rotatable bonds is 5. The fourth-order valence-corrected chi connectivity index (χ4v) is 2.63. The summed E-state index contributed by atoms with van der Waals surface area (Å²) in [6.07, 6.45) is 2.34. The Bertz CT molecular complexity index is 667. The maximum atomic E-state index is 11.4. The molecule has 2 aromatic rings. The van der Waals surface area contributed by atoms with E-state index in [1.165, 1.54) is 5.56 Å². The quantitative estimate of drug-likeness (QED) is 0.923. The third kappa shape index (κ3) is 4.03. The van der Waals surface area contributed by atoms with Gasteiger partial charge in [-0.1, -0.05) is 36.4 Å². The van der Waals surface area contributed by atoms with Gasteiger partial charge in [0.2, 0.25) is 5.91 Å². The summed E-state index contributed by atoms with van der Waals surface area (Å²) in [5, 5.41) is 2.64. The minimum Gasteiger partial charge on any atom is -0.486 e. The molecule has 0 spiro atoms. The van der Waals surface area contributed by atoms with Crippen LogP contribution in [0.4, 0.5) is 0 Å². The van der Waals surface area contributed by atoms with Crippen molar-refractivity contribution in [2.24, 2.45) is 0 Å². The second-order valence-electron chi connectivity index (χ2n) is 5.70. The zero-order valence-electron chi connectivity index (χ0n) is 13.2. The molecule has 0 radical (unpaired) electrons. The number of fused-ring (bicyclic) bond motifs is 1. The first-order chi connectivity index (χ1) is 11.2. The van der Waals surface area contributed by atoms with Crippen molar-refractivity contribution < 1.29 is 14.3 Å². The van der Waals surface area contributed by atoms with E-state index in [2.05, 4.69) is 17.4 Å². The fourth-order valence-electron chi connectivity index (χ4n) is 2.63. The molecule has 1 unspecified atom stereocenters. The largest absolute Gasteiger partial charge is 0.486 e. The molecule has 1 heterocycles. The molecule has 4 heteroatoms. The Balaban J connectivity index is 1.52. The van der Waals surface area contributed by atoms with Crippen molar-refractivity contribution in [1.82, 2.24) is 5.32 Å². The summed E-state index contributed by atoms with van der Waals surface area (Å²) in [5.41, 5.74) is 2.27. The normalized spacial score (nSPS) is 16.0. The summed E-state index contributed by atoms with van der Waals surface area (Å²) >= 11 is 0. The van der Waals surface area contributed by atoms with Crippen molar-refractivity contribution >= 4 is 5.91 Å². The molecule has 0 saturated carbocycles. The molecule has 0 aliphatic carbocycles. The van der Waals surface area contributed by atoms with Crippen molar-refractivity contribution in [3.8, 4) is 11.5 Å². The van der Waals surface area contributed by atoms with Crippen molar-refractivity contribution in [2.45, 2.75) is 25.4 Å². The molecule has 0 aromatic heterocycles. The number of benzene rings is 2. The average molecular weight is 311 g/mol. The standard InChI is InChI=1S/C19H21NO3/c1-20-19(21)12-15-8-6-14(7-9-15)10-11-16-13-22-17-4-2-3-5-18(17)23-16/h2-9,16H,10-13H2,1H3,(H,20,21). The van der Waals surface area contributed by atoms with Crippen LogP contribution in [0.25, 0.3) is 0 Å². The van der Waals surface area contributed by atoms with Crippen LogP contribution in [0.5, 0.6) is 11.5 Å². The third-order valence-electron chi connectivity index (χ3n) is 3.99. The minimum absolute atomic E-state index is 0.0316. The summed E-state index contributed by atoms with van der Waals surface area (Å²) in [7, 11) is 1.65. The molecule has 1 atom stereocenters. The first kappa shape index (κ1) is 15.4. The number of hydrogen-bond donors (Lipinski definition) is 1. The van der Waals surface area contributed by atoms with Gasteiger partial charge in [0.1, 0.15) is 12.7 Å². The maximum absolute atomic E-state index is 11.4. The second-order valence-corrected chi connectivity index (χ2v) is 5.70. The summed E-state index contributed by atoms with van der Waals surface area (Å²) in [5.74, 6) is 1.68. The van der Waals surface area contributed by atoms with Gasteiger partial charge >= 0.3 is 0 Å². The van der Waals surface area contributed by atoms with E-state index in [1.54, 1.807) is 7.05 Å². The summed E-state index contributed by atoms with van der Waals surface area (Å²) in [6, 6.07) is 16.0. The monoisotopic (exact) mass is 311 g/mol. The fraction of sp³-hybridized carbons (Fsp3) is 0.316. The molecule has 1 amide bonds. The predicted octanol–water partition coefficient (Wildman–Crippen LogP) is 2.75. The maximum Gasteiger partial charge on any atom is 0.224 e. The molecule has 1 N–H and O–H groups in total. The Morgan fingerprint density at radius 2 is 1.78 bits per heavy atom. The molecule has 120 valence electrons. The van der Waals surface area contributed by atoms with E-state index in [0.29, 0.717) is 13.0 Å². The lowest BCUT2D eigenvalue weighted by atomic mass is 10.0. The van der Waals surface area contributed by atoms with Crippen LogP contribution in [0, 0.1) is 0 Å². The second kappa shape index (κ2) is 7.18. The van der Waals surface area contributed by atoms with Crippen LogP contribution in [0.3, 0.4) is 0 Å². The number of carbonyl (C=O) groups excluding carboxylic acids is 1. The van der Waals surface area contributed by atoms with Crippen LogP contribution in [-0.2, 0) is 17.6 Å². The van der Waals surface area contributed by atoms with E-state index in [0.717, 1.165) is 29.9 Å². The average Bonchev–Trinajstić information content (AvgIpc) is 2.61. The smallest absolute Gasteiger partial charge is 0.224 e. The van der Waals surface area contributed by atoms with Crippen molar-refractivity contribution in [3.63, 3.8) is 0 Å². The predicted molar refractivity (Wildman–Crippen MR) is 88.9 cm³/mol. The van der Waals surface area contributed by atoms with E-state index < -0.39 is 0 Å². The van der Waals surface area contributed by atoms with Crippen LogP contribution in [-0.4, -0.2) is 25.7 Å². The Labute approximate surface area is 136 Å². The number of carbonyl (C=O) groups is 1. The van der Waals surface area contributed by atoms with Crippen LogP contribution in [0.1, 0.15) is 17.5 Å². The molecule has 4 nitrogen and oxygen atoms in total. The Morgan fingerprint density at radius 1 is 1.09 bits per heavy atom. The van der Waals surface area contributed by atoms with Gasteiger partial charge in [-0.25, -0.2) is 0 Å². The van der Waals surface area contributed by atoms with E-state index in [4.69, 9.17) is 9.47 Å². The van der Waals surface area contributed by atoms with Crippen LogP contribution in [0.2, 0.25) is 0 Å². The molecule has 1 aliphatic heterocycles. The van der Waals surface area contributed by atoms with Gasteiger partial charge in [-0.15, -0.1) is 0 Å².